The van der Waals surface area contributed by atoms with Crippen LogP contribution in [0.15, 0.2) is 23.1 Å². The van der Waals surface area contributed by atoms with Crippen molar-refractivity contribution >= 4 is 44.0 Å². The Morgan fingerprint density at radius 3 is 2.71 bits per heavy atom. The molecule has 2 heterocycles. The van der Waals surface area contributed by atoms with E-state index in [1.165, 1.54) is 11.3 Å². The lowest BCUT2D eigenvalue weighted by Gasteiger charge is -2.24. The molecule has 168 valence electrons. The number of benzene rings is 1. The number of piperidine rings is 1. The molecule has 1 aromatic heterocycles. The van der Waals surface area contributed by atoms with Gasteiger partial charge < -0.3 is 10.6 Å². The van der Waals surface area contributed by atoms with Crippen LogP contribution in [0.2, 0.25) is 5.02 Å². The molecule has 4 rings (SSSR count). The molecule has 2 fully saturated rings. The molecule has 1 saturated carbocycles. The maximum absolute atomic E-state index is 13.0. The molecule has 1 saturated heterocycles. The second-order valence-corrected chi connectivity index (χ2v) is 11.3. The van der Waals surface area contributed by atoms with Gasteiger partial charge in [-0.3, -0.25) is 4.79 Å². The van der Waals surface area contributed by atoms with Gasteiger partial charge in [-0.1, -0.05) is 41.8 Å². The van der Waals surface area contributed by atoms with Gasteiger partial charge in [-0.05, 0) is 56.8 Å². The number of aromatic nitrogens is 1. The first-order valence-electron chi connectivity index (χ1n) is 10.6. The molecule has 31 heavy (non-hydrogen) atoms. The smallest absolute Gasteiger partial charge is 0.242 e. The third-order valence-electron chi connectivity index (χ3n) is 5.85. The number of nitrogens with one attached hydrogen (secondary N) is 3. The molecule has 3 N–H and O–H groups in total. The van der Waals surface area contributed by atoms with Crippen molar-refractivity contribution in [3.63, 3.8) is 0 Å². The summed E-state index contributed by atoms with van der Waals surface area (Å²) in [4.78, 5) is 17.8. The van der Waals surface area contributed by atoms with Crippen LogP contribution in [0.25, 0.3) is 10.4 Å². The number of hydrogen-bond donors (Lipinski definition) is 3. The molecule has 1 atom stereocenters. The Hall–Kier alpha value is -1.52. The average Bonchev–Trinajstić information content (AvgIpc) is 3.39. The minimum Gasteiger partial charge on any atom is -0.315 e. The Morgan fingerprint density at radius 1 is 1.23 bits per heavy atom. The molecule has 1 aliphatic heterocycles. The highest BCUT2D eigenvalue weighted by Gasteiger charge is 2.26. The van der Waals surface area contributed by atoms with Crippen molar-refractivity contribution < 1.29 is 13.2 Å². The van der Waals surface area contributed by atoms with E-state index in [4.69, 9.17) is 11.6 Å². The van der Waals surface area contributed by atoms with Crippen molar-refractivity contribution in [3.8, 4) is 10.4 Å². The number of carbonyl (C=O) groups is 1. The van der Waals surface area contributed by atoms with Crippen LogP contribution in [0, 0.1) is 12.8 Å². The quantitative estimate of drug-likeness (QED) is 0.579. The number of halogens is 1. The predicted octanol–water partition coefficient (Wildman–Crippen LogP) is 3.93. The van der Waals surface area contributed by atoms with Gasteiger partial charge in [-0.2, -0.15) is 0 Å². The lowest BCUT2D eigenvalue weighted by atomic mass is 10.1. The highest BCUT2D eigenvalue weighted by atomic mass is 35.5. The fraction of sp³-hybridized carbons (Fsp3) is 0.524. The molecule has 0 spiro atoms. The van der Waals surface area contributed by atoms with E-state index in [0.29, 0.717) is 17.2 Å². The first-order valence-corrected chi connectivity index (χ1v) is 13.3. The van der Waals surface area contributed by atoms with Gasteiger partial charge >= 0.3 is 0 Å². The zero-order valence-corrected chi connectivity index (χ0v) is 19.8. The van der Waals surface area contributed by atoms with Gasteiger partial charge in [0.05, 0.1) is 15.6 Å². The molecule has 0 radical (unpaired) electrons. The van der Waals surface area contributed by atoms with Crippen LogP contribution in [0.3, 0.4) is 0 Å². The maximum atomic E-state index is 13.0. The van der Waals surface area contributed by atoms with E-state index in [0.717, 1.165) is 55.6 Å². The van der Waals surface area contributed by atoms with Crippen LogP contribution < -0.4 is 15.4 Å². The van der Waals surface area contributed by atoms with Gasteiger partial charge in [0.15, 0.2) is 5.13 Å². The normalized spacial score (nSPS) is 20.1. The number of thiazole rings is 1. The molecule has 7 nitrogen and oxygen atoms in total. The summed E-state index contributed by atoms with van der Waals surface area (Å²) in [5, 5.41) is 6.85. The molecule has 2 aromatic rings. The van der Waals surface area contributed by atoms with E-state index < -0.39 is 10.0 Å². The first kappa shape index (κ1) is 22.7. The second kappa shape index (κ2) is 9.54. The van der Waals surface area contributed by atoms with E-state index in [9.17, 15) is 13.2 Å². The number of aryl methyl sites for hydroxylation is 1. The van der Waals surface area contributed by atoms with E-state index in [1.54, 1.807) is 18.2 Å². The van der Waals surface area contributed by atoms with Crippen LogP contribution in [0.4, 0.5) is 5.13 Å². The molecular formula is C21H27ClN4O3S2. The van der Waals surface area contributed by atoms with Gasteiger partial charge in [0.1, 0.15) is 4.90 Å². The van der Waals surface area contributed by atoms with Gasteiger partial charge in [0.25, 0.3) is 0 Å². The summed E-state index contributed by atoms with van der Waals surface area (Å²) in [5.74, 6) is 0.0720. The number of hydrogen-bond acceptors (Lipinski definition) is 6. The number of amides is 1. The van der Waals surface area contributed by atoms with Crippen LogP contribution in [-0.2, 0) is 14.8 Å². The number of sulfonamides is 1. The molecule has 10 heteroatoms. The molecule has 1 aliphatic carbocycles. The van der Waals surface area contributed by atoms with Crippen molar-refractivity contribution in [1.29, 1.82) is 0 Å². The molecular weight excluding hydrogens is 456 g/mol. The number of rotatable bonds is 6. The standard InChI is InChI=1S/C21H27ClN4O3S2/c1-13-19(30-21(24-13)25-20(27)14-5-2-3-6-14)15-8-9-17(22)18(11-15)31(28,29)26-16-7-4-10-23-12-16/h8-9,11,14,16,23,26H,2-7,10,12H2,1H3,(H,24,25,27). The highest BCUT2D eigenvalue weighted by molar-refractivity contribution is 7.89. The summed E-state index contributed by atoms with van der Waals surface area (Å²) in [6.07, 6.45) is 5.74. The molecule has 1 amide bonds. The van der Waals surface area contributed by atoms with Gasteiger partial charge in [0, 0.05) is 18.5 Å². The SMILES string of the molecule is Cc1nc(NC(=O)C2CCCC2)sc1-c1ccc(Cl)c(S(=O)(=O)NC2CCCNC2)c1. The summed E-state index contributed by atoms with van der Waals surface area (Å²) >= 11 is 7.62. The summed E-state index contributed by atoms with van der Waals surface area (Å²) in [6.45, 7) is 3.36. The van der Waals surface area contributed by atoms with Crippen LogP contribution >= 0.6 is 22.9 Å². The van der Waals surface area contributed by atoms with Gasteiger partial charge in [0.2, 0.25) is 15.9 Å². The fourth-order valence-corrected chi connectivity index (χ4v) is 6.96. The number of nitrogens with zero attached hydrogens (tertiary/aromatic N) is 1. The Balaban J connectivity index is 1.56. The van der Waals surface area contributed by atoms with Crippen LogP contribution in [0.1, 0.15) is 44.2 Å². The predicted molar refractivity (Wildman–Crippen MR) is 124 cm³/mol. The van der Waals surface area contributed by atoms with Crippen molar-refractivity contribution in [2.24, 2.45) is 5.92 Å². The number of anilines is 1. The Morgan fingerprint density at radius 2 is 2.00 bits per heavy atom. The Bertz CT molecular complexity index is 1060. The van der Waals surface area contributed by atoms with Crippen LogP contribution in [-0.4, -0.2) is 38.4 Å². The third kappa shape index (κ3) is 5.28. The summed E-state index contributed by atoms with van der Waals surface area (Å²) in [6, 6.07) is 4.82. The van der Waals surface area contributed by atoms with Crippen molar-refractivity contribution in [1.82, 2.24) is 15.0 Å². The highest BCUT2D eigenvalue weighted by Crippen LogP contribution is 2.36. The van der Waals surface area contributed by atoms with Crippen LogP contribution in [0.5, 0.6) is 0 Å². The summed E-state index contributed by atoms with van der Waals surface area (Å²) in [7, 11) is -3.76. The van der Waals surface area contributed by atoms with E-state index in [2.05, 4.69) is 20.3 Å². The molecule has 2 aliphatic rings. The minimum absolute atomic E-state index is 0.0162. The topological polar surface area (TPSA) is 100 Å². The monoisotopic (exact) mass is 482 g/mol. The van der Waals surface area contributed by atoms with E-state index in [1.807, 2.05) is 6.92 Å². The third-order valence-corrected chi connectivity index (χ3v) is 8.98. The zero-order valence-electron chi connectivity index (χ0n) is 17.4. The van der Waals surface area contributed by atoms with Crippen molar-refractivity contribution in [2.75, 3.05) is 18.4 Å². The lowest BCUT2D eigenvalue weighted by molar-refractivity contribution is -0.119. The summed E-state index contributed by atoms with van der Waals surface area (Å²) < 4.78 is 28.8. The van der Waals surface area contributed by atoms with Crippen molar-refractivity contribution in [2.45, 2.75) is 56.4 Å². The second-order valence-electron chi connectivity index (χ2n) is 8.21. The largest absolute Gasteiger partial charge is 0.315 e. The Labute approximate surface area is 192 Å². The van der Waals surface area contributed by atoms with E-state index in [-0.39, 0.29) is 27.8 Å². The average molecular weight is 483 g/mol. The van der Waals surface area contributed by atoms with E-state index >= 15 is 0 Å². The number of carbonyl (C=O) groups excluding carboxylic acids is 1. The van der Waals surface area contributed by atoms with Gasteiger partial charge in [-0.15, -0.1) is 0 Å². The van der Waals surface area contributed by atoms with Gasteiger partial charge in [-0.25, -0.2) is 18.1 Å². The van der Waals surface area contributed by atoms with Crippen molar-refractivity contribution in [3.05, 3.63) is 28.9 Å². The minimum atomic E-state index is -3.76. The molecule has 1 unspecified atom stereocenters. The Kier molecular flexibility index (Phi) is 6.98. The zero-order chi connectivity index (χ0) is 22.0. The molecule has 0 bridgehead atoms. The molecule has 1 aromatic carbocycles. The maximum Gasteiger partial charge on any atom is 0.242 e. The lowest BCUT2D eigenvalue weighted by Crippen LogP contribution is -2.45. The summed E-state index contributed by atoms with van der Waals surface area (Å²) in [5.41, 5.74) is 1.45. The fourth-order valence-electron chi connectivity index (χ4n) is 4.20. The first-order chi connectivity index (χ1) is 14.8.